The van der Waals surface area contributed by atoms with Gasteiger partial charge in [0.2, 0.25) is 0 Å². The van der Waals surface area contributed by atoms with Crippen molar-refractivity contribution in [1.29, 1.82) is 5.26 Å². The summed E-state index contributed by atoms with van der Waals surface area (Å²) in [5.41, 5.74) is 7.36. The molecule has 0 bridgehead atoms. The Hall–Kier alpha value is -2.94. The summed E-state index contributed by atoms with van der Waals surface area (Å²) < 4.78 is 10.4. The first kappa shape index (κ1) is 13.5. The summed E-state index contributed by atoms with van der Waals surface area (Å²) in [6.07, 6.45) is 1.45. The average Bonchev–Trinajstić information content (AvgIpc) is 2.49. The van der Waals surface area contributed by atoms with Crippen molar-refractivity contribution in [3.8, 4) is 17.6 Å². The van der Waals surface area contributed by atoms with Crippen molar-refractivity contribution in [2.45, 2.75) is 0 Å². The number of nitrogens with one attached hydrogen (secondary N) is 1. The molecule has 20 heavy (non-hydrogen) atoms. The predicted molar refractivity (Wildman–Crippen MR) is 76.2 cm³/mol. The van der Waals surface area contributed by atoms with E-state index in [9.17, 15) is 0 Å². The Morgan fingerprint density at radius 1 is 1.25 bits per heavy atom. The number of hydrogen-bond donors (Lipinski definition) is 2. The molecule has 6 nitrogen and oxygen atoms in total. The fraction of sp³-hybridized carbons (Fsp3) is 0.143. The first-order chi connectivity index (χ1) is 9.67. The van der Waals surface area contributed by atoms with E-state index in [1.165, 1.54) is 6.20 Å². The molecule has 0 aliphatic rings. The van der Waals surface area contributed by atoms with Crippen LogP contribution >= 0.6 is 0 Å². The van der Waals surface area contributed by atoms with Crippen molar-refractivity contribution in [2.24, 2.45) is 0 Å². The highest BCUT2D eigenvalue weighted by molar-refractivity contribution is 5.73. The van der Waals surface area contributed by atoms with Crippen molar-refractivity contribution in [1.82, 2.24) is 4.98 Å². The van der Waals surface area contributed by atoms with Crippen molar-refractivity contribution in [2.75, 3.05) is 25.3 Å². The van der Waals surface area contributed by atoms with Crippen molar-refractivity contribution < 1.29 is 9.47 Å². The zero-order valence-corrected chi connectivity index (χ0v) is 11.2. The maximum atomic E-state index is 8.78. The van der Waals surface area contributed by atoms with Crippen molar-refractivity contribution >= 4 is 17.2 Å². The minimum Gasteiger partial charge on any atom is -0.497 e. The van der Waals surface area contributed by atoms with Gasteiger partial charge in [-0.3, -0.25) is 0 Å². The normalized spacial score (nSPS) is 9.65. The molecule has 102 valence electrons. The summed E-state index contributed by atoms with van der Waals surface area (Å²) >= 11 is 0. The van der Waals surface area contributed by atoms with Crippen LogP contribution in [0.15, 0.2) is 30.5 Å². The zero-order valence-electron chi connectivity index (χ0n) is 11.2. The molecule has 2 aromatic rings. The molecule has 0 aliphatic carbocycles. The van der Waals surface area contributed by atoms with E-state index < -0.39 is 0 Å². The third-order valence-electron chi connectivity index (χ3n) is 2.71. The van der Waals surface area contributed by atoms with Crippen LogP contribution in [0.5, 0.6) is 11.5 Å². The lowest BCUT2D eigenvalue weighted by atomic mass is 10.2. The number of nitriles is 1. The molecule has 0 atom stereocenters. The van der Waals surface area contributed by atoms with Gasteiger partial charge in [-0.2, -0.15) is 5.26 Å². The molecule has 0 unspecified atom stereocenters. The first-order valence-corrected chi connectivity index (χ1v) is 5.82. The molecule has 0 saturated heterocycles. The van der Waals surface area contributed by atoms with E-state index in [-0.39, 0.29) is 0 Å². The largest absolute Gasteiger partial charge is 0.497 e. The Labute approximate surface area is 116 Å². The molecule has 0 saturated carbocycles. The number of methoxy groups -OCH3 is 2. The van der Waals surface area contributed by atoms with Crippen LogP contribution in [0.3, 0.4) is 0 Å². The van der Waals surface area contributed by atoms with E-state index in [4.69, 9.17) is 20.5 Å². The van der Waals surface area contributed by atoms with Crippen LogP contribution in [-0.2, 0) is 0 Å². The summed E-state index contributed by atoms with van der Waals surface area (Å²) in [5, 5.41) is 11.9. The number of nitrogen functional groups attached to an aromatic ring is 1. The van der Waals surface area contributed by atoms with E-state index >= 15 is 0 Å². The molecular weight excluding hydrogens is 256 g/mol. The Balaban J connectivity index is 2.32. The molecule has 1 aromatic carbocycles. The fourth-order valence-electron chi connectivity index (χ4n) is 1.68. The molecular formula is C14H14N4O2. The van der Waals surface area contributed by atoms with Gasteiger partial charge >= 0.3 is 0 Å². The number of nitrogens with zero attached hydrogens (tertiary/aromatic N) is 2. The molecule has 0 radical (unpaired) electrons. The third-order valence-corrected chi connectivity index (χ3v) is 2.71. The molecule has 1 aromatic heterocycles. The number of rotatable bonds is 4. The quantitative estimate of drug-likeness (QED) is 0.885. The number of benzene rings is 1. The van der Waals surface area contributed by atoms with Gasteiger partial charge in [-0.05, 0) is 18.2 Å². The maximum Gasteiger partial charge on any atom is 0.153 e. The Bertz CT molecular complexity index is 665. The molecule has 2 rings (SSSR count). The number of pyridine rings is 1. The van der Waals surface area contributed by atoms with Crippen LogP contribution in [-0.4, -0.2) is 19.2 Å². The van der Waals surface area contributed by atoms with Crippen LogP contribution < -0.4 is 20.5 Å². The monoisotopic (exact) mass is 270 g/mol. The smallest absolute Gasteiger partial charge is 0.153 e. The van der Waals surface area contributed by atoms with Gasteiger partial charge in [0, 0.05) is 12.3 Å². The van der Waals surface area contributed by atoms with Gasteiger partial charge in [0.05, 0.1) is 31.2 Å². The predicted octanol–water partition coefficient (Wildman–Crippen LogP) is 2.30. The van der Waals surface area contributed by atoms with Gasteiger partial charge in [0.15, 0.2) is 5.82 Å². The van der Waals surface area contributed by atoms with E-state index in [1.54, 1.807) is 38.5 Å². The Kier molecular flexibility index (Phi) is 3.91. The average molecular weight is 270 g/mol. The van der Waals surface area contributed by atoms with Gasteiger partial charge in [0.25, 0.3) is 0 Å². The molecule has 1 heterocycles. The van der Waals surface area contributed by atoms with E-state index in [0.29, 0.717) is 34.3 Å². The number of aromatic nitrogens is 1. The van der Waals surface area contributed by atoms with E-state index in [0.717, 1.165) is 0 Å². The number of ether oxygens (including phenoxy) is 2. The van der Waals surface area contributed by atoms with Crippen LogP contribution in [0.25, 0.3) is 0 Å². The second kappa shape index (κ2) is 5.80. The highest BCUT2D eigenvalue weighted by atomic mass is 16.5. The Morgan fingerprint density at radius 2 is 2.05 bits per heavy atom. The topological polar surface area (TPSA) is 93.2 Å². The van der Waals surface area contributed by atoms with Crippen molar-refractivity contribution in [3.05, 3.63) is 36.0 Å². The summed E-state index contributed by atoms with van der Waals surface area (Å²) in [4.78, 5) is 4.12. The minimum absolute atomic E-state index is 0.391. The fourth-order valence-corrected chi connectivity index (χ4v) is 1.68. The van der Waals surface area contributed by atoms with Crippen LogP contribution in [0, 0.1) is 11.3 Å². The highest BCUT2D eigenvalue weighted by Gasteiger charge is 2.08. The van der Waals surface area contributed by atoms with Crippen LogP contribution in [0.4, 0.5) is 17.2 Å². The van der Waals surface area contributed by atoms with Crippen LogP contribution in [0.2, 0.25) is 0 Å². The molecule has 0 aliphatic heterocycles. The summed E-state index contributed by atoms with van der Waals surface area (Å²) in [5.74, 6) is 1.76. The van der Waals surface area contributed by atoms with E-state index in [1.807, 2.05) is 6.07 Å². The van der Waals surface area contributed by atoms with Gasteiger partial charge < -0.3 is 20.5 Å². The van der Waals surface area contributed by atoms with Crippen molar-refractivity contribution in [3.63, 3.8) is 0 Å². The highest BCUT2D eigenvalue weighted by Crippen LogP contribution is 2.32. The number of nitrogens with two attached hydrogens (primary N) is 1. The molecule has 0 spiro atoms. The molecule has 3 N–H and O–H groups in total. The Morgan fingerprint density at radius 3 is 2.65 bits per heavy atom. The maximum absolute atomic E-state index is 8.78. The van der Waals surface area contributed by atoms with Gasteiger partial charge in [-0.25, -0.2) is 4.98 Å². The standard InChI is InChI=1S/C14H14N4O2/c1-19-10-3-4-12(13(6-10)20-2)18-14-11(16)5-9(7-15)8-17-14/h3-6,8H,16H2,1-2H3,(H,17,18). The zero-order chi connectivity index (χ0) is 14.5. The SMILES string of the molecule is COc1ccc(Nc2ncc(C#N)cc2N)c(OC)c1. The van der Waals surface area contributed by atoms with Gasteiger partial charge in [0.1, 0.15) is 17.6 Å². The van der Waals surface area contributed by atoms with Gasteiger partial charge in [-0.15, -0.1) is 0 Å². The lowest BCUT2D eigenvalue weighted by Gasteiger charge is -2.13. The van der Waals surface area contributed by atoms with Gasteiger partial charge in [-0.1, -0.05) is 0 Å². The minimum atomic E-state index is 0.391. The molecule has 0 amide bonds. The molecule has 0 fully saturated rings. The number of anilines is 3. The van der Waals surface area contributed by atoms with Crippen LogP contribution in [0.1, 0.15) is 5.56 Å². The summed E-state index contributed by atoms with van der Waals surface area (Å²) in [7, 11) is 3.15. The third kappa shape index (κ3) is 2.72. The lowest BCUT2D eigenvalue weighted by molar-refractivity contribution is 0.395. The second-order valence-electron chi connectivity index (χ2n) is 3.96. The summed E-state index contributed by atoms with van der Waals surface area (Å²) in [6.45, 7) is 0. The first-order valence-electron chi connectivity index (χ1n) is 5.82. The summed E-state index contributed by atoms with van der Waals surface area (Å²) in [6, 6.07) is 8.90. The number of hydrogen-bond acceptors (Lipinski definition) is 6. The molecule has 6 heteroatoms. The second-order valence-corrected chi connectivity index (χ2v) is 3.96. The van der Waals surface area contributed by atoms with E-state index in [2.05, 4.69) is 10.3 Å². The lowest BCUT2D eigenvalue weighted by Crippen LogP contribution is -2.01.